The maximum atomic E-state index is 14.0. The van der Waals surface area contributed by atoms with Crippen molar-refractivity contribution in [3.8, 4) is 6.07 Å². The van der Waals surface area contributed by atoms with Crippen molar-refractivity contribution in [3.63, 3.8) is 0 Å². The predicted octanol–water partition coefficient (Wildman–Crippen LogP) is 3.31. The Morgan fingerprint density at radius 3 is 2.71 bits per heavy atom. The van der Waals surface area contributed by atoms with Crippen LogP contribution in [0.3, 0.4) is 0 Å². The quantitative estimate of drug-likeness (QED) is 0.511. The minimum Gasteiger partial charge on any atom is -0.478 e. The molecule has 0 spiro atoms. The number of carbonyl (C=O) groups is 3. The summed E-state index contributed by atoms with van der Waals surface area (Å²) in [7, 11) is 0. The highest BCUT2D eigenvalue weighted by molar-refractivity contribution is 6.30. The second-order valence-corrected chi connectivity index (χ2v) is 8.47. The van der Waals surface area contributed by atoms with Gasteiger partial charge in [-0.2, -0.15) is 5.26 Å². The number of halogens is 2. The Kier molecular flexibility index (Phi) is 6.52. The Hall–Kier alpha value is -3.90. The van der Waals surface area contributed by atoms with Crippen molar-refractivity contribution < 1.29 is 23.9 Å². The number of aromatic nitrogens is 1. The molecule has 0 saturated heterocycles. The van der Waals surface area contributed by atoms with Crippen LogP contribution in [0.5, 0.6) is 0 Å². The van der Waals surface area contributed by atoms with E-state index in [1.807, 2.05) is 6.07 Å². The van der Waals surface area contributed by atoms with Crippen LogP contribution in [0.25, 0.3) is 10.9 Å². The smallest absolute Gasteiger partial charge is 0.335 e. The third kappa shape index (κ3) is 4.87. The summed E-state index contributed by atoms with van der Waals surface area (Å²) in [5.41, 5.74) is 1.09. The van der Waals surface area contributed by atoms with Gasteiger partial charge in [-0.05, 0) is 37.1 Å². The summed E-state index contributed by atoms with van der Waals surface area (Å²) in [5, 5.41) is 21.7. The molecule has 34 heavy (non-hydrogen) atoms. The van der Waals surface area contributed by atoms with E-state index in [2.05, 4.69) is 5.32 Å². The fraction of sp³-hybridized carbons (Fsp3) is 0.250. The molecule has 1 heterocycles. The summed E-state index contributed by atoms with van der Waals surface area (Å²) in [5.74, 6) is -2.45. The summed E-state index contributed by atoms with van der Waals surface area (Å²) < 4.78 is 15.6. The lowest BCUT2D eigenvalue weighted by molar-refractivity contribution is -0.137. The van der Waals surface area contributed by atoms with Crippen molar-refractivity contribution in [2.45, 2.75) is 32.0 Å². The van der Waals surface area contributed by atoms with Gasteiger partial charge in [0.1, 0.15) is 18.4 Å². The second kappa shape index (κ2) is 9.53. The highest BCUT2D eigenvalue weighted by Crippen LogP contribution is 2.28. The molecule has 174 valence electrons. The van der Waals surface area contributed by atoms with Crippen molar-refractivity contribution in [1.82, 2.24) is 14.8 Å². The van der Waals surface area contributed by atoms with Crippen LogP contribution < -0.4 is 5.32 Å². The number of nitrogens with zero attached hydrogens (tertiary/aromatic N) is 3. The number of hydrogen-bond acceptors (Lipinski definition) is 4. The highest BCUT2D eigenvalue weighted by Gasteiger charge is 2.34. The number of rotatable bonds is 8. The molecule has 2 aromatic carbocycles. The molecule has 0 radical (unpaired) electrons. The first-order chi connectivity index (χ1) is 16.3. The van der Waals surface area contributed by atoms with E-state index in [0.717, 1.165) is 12.8 Å². The summed E-state index contributed by atoms with van der Waals surface area (Å²) in [6.45, 7) is -0.353. The van der Waals surface area contributed by atoms with E-state index in [4.69, 9.17) is 11.6 Å². The molecular formula is C24H20ClFN4O4. The minimum absolute atomic E-state index is 0.0345. The monoisotopic (exact) mass is 482 g/mol. The van der Waals surface area contributed by atoms with E-state index in [0.29, 0.717) is 10.9 Å². The molecule has 0 aliphatic heterocycles. The Morgan fingerprint density at radius 1 is 1.26 bits per heavy atom. The zero-order chi connectivity index (χ0) is 24.4. The van der Waals surface area contributed by atoms with Crippen LogP contribution in [-0.2, 0) is 22.7 Å². The maximum Gasteiger partial charge on any atom is 0.335 e. The predicted molar refractivity (Wildman–Crippen MR) is 122 cm³/mol. The first-order valence-electron chi connectivity index (χ1n) is 10.5. The average molecular weight is 483 g/mol. The Labute approximate surface area is 199 Å². The summed E-state index contributed by atoms with van der Waals surface area (Å²) >= 11 is 5.77. The Morgan fingerprint density at radius 2 is 2.03 bits per heavy atom. The molecule has 0 atom stereocenters. The molecule has 1 fully saturated rings. The first-order valence-corrected chi connectivity index (χ1v) is 10.9. The number of amides is 2. The van der Waals surface area contributed by atoms with Crippen LogP contribution in [0.2, 0.25) is 5.02 Å². The van der Waals surface area contributed by atoms with Crippen LogP contribution >= 0.6 is 11.6 Å². The third-order valence-corrected chi connectivity index (χ3v) is 5.98. The van der Waals surface area contributed by atoms with Crippen LogP contribution in [-0.4, -0.2) is 44.9 Å². The van der Waals surface area contributed by atoms with Crippen molar-refractivity contribution in [2.24, 2.45) is 0 Å². The summed E-state index contributed by atoms with van der Waals surface area (Å²) in [4.78, 5) is 38.3. The summed E-state index contributed by atoms with van der Waals surface area (Å²) in [6, 6.07) is 10.9. The fourth-order valence-electron chi connectivity index (χ4n) is 3.78. The van der Waals surface area contributed by atoms with E-state index >= 15 is 0 Å². The molecule has 0 unspecified atom stereocenters. The molecule has 8 nitrogen and oxygen atoms in total. The second-order valence-electron chi connectivity index (χ2n) is 8.06. The SMILES string of the molecule is N#Cc1cn(CC(=O)N(CC(=O)NCc2cccc(Cl)c2F)C2CC2)c2ccc(C(=O)O)cc12. The lowest BCUT2D eigenvalue weighted by Gasteiger charge is -2.22. The number of carboxylic acid groups (broad SMARTS) is 1. The number of fused-ring (bicyclic) bond motifs is 1. The first kappa shape index (κ1) is 23.3. The molecule has 2 amide bonds. The molecule has 1 saturated carbocycles. The number of carboxylic acids is 1. The van der Waals surface area contributed by atoms with Gasteiger partial charge < -0.3 is 19.9 Å². The Bertz CT molecular complexity index is 1340. The fourth-order valence-corrected chi connectivity index (χ4v) is 3.98. The van der Waals surface area contributed by atoms with E-state index < -0.39 is 17.7 Å². The normalized spacial score (nSPS) is 12.9. The number of nitrogens with one attached hydrogen (secondary N) is 1. The molecule has 0 bridgehead atoms. The summed E-state index contributed by atoms with van der Waals surface area (Å²) in [6.07, 6.45) is 3.06. The molecule has 1 aromatic heterocycles. The van der Waals surface area contributed by atoms with Crippen molar-refractivity contribution in [1.29, 1.82) is 5.26 Å². The van der Waals surface area contributed by atoms with Gasteiger partial charge in [-0.25, -0.2) is 9.18 Å². The van der Waals surface area contributed by atoms with E-state index in [1.54, 1.807) is 16.7 Å². The number of benzene rings is 2. The van der Waals surface area contributed by atoms with Gasteiger partial charge in [0.05, 0.1) is 22.7 Å². The van der Waals surface area contributed by atoms with Gasteiger partial charge in [0, 0.05) is 35.2 Å². The van der Waals surface area contributed by atoms with Crippen LogP contribution in [0, 0.1) is 17.1 Å². The number of hydrogen-bond donors (Lipinski definition) is 2. The maximum absolute atomic E-state index is 14.0. The molecule has 10 heteroatoms. The van der Waals surface area contributed by atoms with E-state index in [-0.39, 0.29) is 53.3 Å². The number of carbonyl (C=O) groups excluding carboxylic acids is 2. The average Bonchev–Trinajstić information content (AvgIpc) is 3.60. The zero-order valence-electron chi connectivity index (χ0n) is 17.9. The van der Waals surface area contributed by atoms with Crippen LogP contribution in [0.1, 0.15) is 34.3 Å². The van der Waals surface area contributed by atoms with Crippen molar-refractivity contribution >= 4 is 40.3 Å². The van der Waals surface area contributed by atoms with Crippen LogP contribution in [0.15, 0.2) is 42.6 Å². The lowest BCUT2D eigenvalue weighted by Crippen LogP contribution is -2.43. The molecule has 4 rings (SSSR count). The van der Waals surface area contributed by atoms with E-state index in [1.165, 1.54) is 35.4 Å². The highest BCUT2D eigenvalue weighted by atomic mass is 35.5. The van der Waals surface area contributed by atoms with Gasteiger partial charge in [0.2, 0.25) is 11.8 Å². The topological polar surface area (TPSA) is 115 Å². The largest absolute Gasteiger partial charge is 0.478 e. The van der Waals surface area contributed by atoms with Gasteiger partial charge in [0.15, 0.2) is 0 Å². The number of nitriles is 1. The molecule has 1 aliphatic rings. The number of aromatic carboxylic acids is 1. The molecule has 2 N–H and O–H groups in total. The van der Waals surface area contributed by atoms with Crippen molar-refractivity contribution in [2.75, 3.05) is 6.54 Å². The van der Waals surface area contributed by atoms with Gasteiger partial charge in [-0.1, -0.05) is 23.7 Å². The molecule has 3 aromatic rings. The molecule has 1 aliphatic carbocycles. The van der Waals surface area contributed by atoms with Crippen molar-refractivity contribution in [3.05, 3.63) is 70.1 Å². The Balaban J connectivity index is 1.47. The van der Waals surface area contributed by atoms with Gasteiger partial charge >= 0.3 is 5.97 Å². The minimum atomic E-state index is -1.11. The van der Waals surface area contributed by atoms with Gasteiger partial charge in [0.25, 0.3) is 0 Å². The lowest BCUT2D eigenvalue weighted by atomic mass is 10.1. The third-order valence-electron chi connectivity index (χ3n) is 5.68. The molecular weight excluding hydrogens is 463 g/mol. The standard InChI is InChI=1S/C24H20ClFN4O4/c25-19-3-1-2-15(23(19)26)10-28-21(31)12-30(17-5-6-17)22(32)13-29-11-16(9-27)18-8-14(24(33)34)4-7-20(18)29/h1-4,7-8,11,17H,5-6,10,12-13H2,(H,28,31)(H,33,34). The van der Waals surface area contributed by atoms with Crippen LogP contribution in [0.4, 0.5) is 4.39 Å². The van der Waals surface area contributed by atoms with Gasteiger partial charge in [-0.15, -0.1) is 0 Å². The van der Waals surface area contributed by atoms with Gasteiger partial charge in [-0.3, -0.25) is 9.59 Å². The van der Waals surface area contributed by atoms with E-state index in [9.17, 15) is 29.1 Å². The zero-order valence-corrected chi connectivity index (χ0v) is 18.7.